The number of hydrogen-bond donors (Lipinski definition) is 1. The molecule has 2 aromatic rings. The van der Waals surface area contributed by atoms with Crippen molar-refractivity contribution in [1.82, 2.24) is 0 Å². The van der Waals surface area contributed by atoms with Crippen LogP contribution in [-0.2, 0) is 6.18 Å². The maximum absolute atomic E-state index is 13.3. The molecule has 7 nitrogen and oxygen atoms in total. The van der Waals surface area contributed by atoms with Crippen molar-refractivity contribution in [2.75, 3.05) is 5.32 Å². The first kappa shape index (κ1) is 18.7. The van der Waals surface area contributed by atoms with E-state index in [4.69, 9.17) is 23.2 Å². The standard InChI is InChI=1S/C13H6Cl2F3N3O4/c14-6-1-2-10(9(15)3-6)19-12-8(13(16,17)18)4-7(20(22)23)5-11(12)21(24)25/h1-5,19H. The average molecular weight is 396 g/mol. The van der Waals surface area contributed by atoms with Gasteiger partial charge in [0.15, 0.2) is 0 Å². The zero-order chi connectivity index (χ0) is 18.9. The minimum absolute atomic E-state index is 0.0893. The maximum Gasteiger partial charge on any atom is 0.418 e. The largest absolute Gasteiger partial charge is 0.418 e. The lowest BCUT2D eigenvalue weighted by molar-refractivity contribution is -0.394. The van der Waals surface area contributed by atoms with Crippen molar-refractivity contribution in [1.29, 1.82) is 0 Å². The predicted octanol–water partition coefficient (Wildman–Crippen LogP) is 5.57. The molecule has 2 aromatic carbocycles. The van der Waals surface area contributed by atoms with Crippen LogP contribution in [0.3, 0.4) is 0 Å². The van der Waals surface area contributed by atoms with Gasteiger partial charge in [-0.25, -0.2) is 0 Å². The summed E-state index contributed by atoms with van der Waals surface area (Å²) >= 11 is 11.5. The summed E-state index contributed by atoms with van der Waals surface area (Å²) in [5.41, 5.74) is -4.81. The third kappa shape index (κ3) is 4.09. The number of nitro benzene ring substituents is 2. The second kappa shape index (κ2) is 6.73. The first-order valence-corrected chi connectivity index (χ1v) is 7.02. The second-order valence-corrected chi connectivity index (χ2v) is 5.49. The molecule has 0 saturated heterocycles. The average Bonchev–Trinajstić information content (AvgIpc) is 2.48. The first-order valence-electron chi connectivity index (χ1n) is 6.27. The van der Waals surface area contributed by atoms with Crippen molar-refractivity contribution < 1.29 is 23.0 Å². The number of alkyl halides is 3. The molecule has 0 unspecified atom stereocenters. The molecule has 0 heterocycles. The van der Waals surface area contributed by atoms with Gasteiger partial charge in [-0.05, 0) is 18.2 Å². The van der Waals surface area contributed by atoms with Gasteiger partial charge >= 0.3 is 6.18 Å². The Morgan fingerprint density at radius 2 is 1.64 bits per heavy atom. The molecular formula is C13H6Cl2F3N3O4. The Labute approximate surface area is 147 Å². The van der Waals surface area contributed by atoms with E-state index in [1.54, 1.807) is 0 Å². The number of rotatable bonds is 4. The van der Waals surface area contributed by atoms with E-state index in [1.807, 2.05) is 0 Å². The Morgan fingerprint density at radius 3 is 2.12 bits per heavy atom. The summed E-state index contributed by atoms with van der Waals surface area (Å²) in [4.78, 5) is 19.6. The number of benzene rings is 2. The van der Waals surface area contributed by atoms with E-state index in [0.717, 1.165) is 0 Å². The molecule has 0 atom stereocenters. The molecule has 0 aliphatic carbocycles. The molecule has 2 rings (SSSR count). The number of hydrogen-bond acceptors (Lipinski definition) is 5. The van der Waals surface area contributed by atoms with E-state index in [0.29, 0.717) is 6.07 Å². The van der Waals surface area contributed by atoms with Gasteiger partial charge in [0.2, 0.25) is 0 Å². The summed E-state index contributed by atoms with van der Waals surface area (Å²) in [5, 5.41) is 24.2. The van der Waals surface area contributed by atoms with E-state index in [1.165, 1.54) is 18.2 Å². The number of nitrogens with zero attached hydrogens (tertiary/aromatic N) is 2. The lowest BCUT2D eigenvalue weighted by Gasteiger charge is -2.15. The van der Waals surface area contributed by atoms with E-state index in [2.05, 4.69) is 5.32 Å². The molecule has 0 bridgehead atoms. The Bertz CT molecular complexity index is 874. The normalized spacial score (nSPS) is 11.2. The highest BCUT2D eigenvalue weighted by Gasteiger charge is 2.39. The smallest absolute Gasteiger partial charge is 0.348 e. The fourth-order valence-corrected chi connectivity index (χ4v) is 2.40. The molecule has 0 saturated carbocycles. The molecule has 0 spiro atoms. The fourth-order valence-electron chi connectivity index (χ4n) is 1.94. The van der Waals surface area contributed by atoms with Crippen LogP contribution in [0.2, 0.25) is 10.0 Å². The molecule has 0 fully saturated rings. The van der Waals surface area contributed by atoms with Crippen LogP contribution in [0.1, 0.15) is 5.56 Å². The SMILES string of the molecule is O=[N+]([O-])c1cc([N+](=O)[O-])c(Nc2ccc(Cl)cc2Cl)c(C(F)(F)F)c1. The van der Waals surface area contributed by atoms with Gasteiger partial charge in [-0.3, -0.25) is 20.2 Å². The summed E-state index contributed by atoms with van der Waals surface area (Å²) in [6.45, 7) is 0. The van der Waals surface area contributed by atoms with Crippen LogP contribution in [0, 0.1) is 20.2 Å². The van der Waals surface area contributed by atoms with Crippen molar-refractivity contribution in [3.05, 3.63) is 66.2 Å². The minimum Gasteiger partial charge on any atom is -0.348 e. The van der Waals surface area contributed by atoms with Crippen molar-refractivity contribution in [2.24, 2.45) is 0 Å². The van der Waals surface area contributed by atoms with Crippen LogP contribution in [-0.4, -0.2) is 9.85 Å². The zero-order valence-corrected chi connectivity index (χ0v) is 13.3. The van der Waals surface area contributed by atoms with E-state index >= 15 is 0 Å². The van der Waals surface area contributed by atoms with Crippen molar-refractivity contribution in [3.8, 4) is 0 Å². The monoisotopic (exact) mass is 395 g/mol. The van der Waals surface area contributed by atoms with Crippen LogP contribution in [0.4, 0.5) is 35.9 Å². The number of nitrogens with one attached hydrogen (secondary N) is 1. The van der Waals surface area contributed by atoms with Gasteiger partial charge in [-0.15, -0.1) is 0 Å². The van der Waals surface area contributed by atoms with Gasteiger partial charge < -0.3 is 5.32 Å². The molecule has 0 aliphatic heterocycles. The van der Waals surface area contributed by atoms with E-state index in [-0.39, 0.29) is 21.8 Å². The summed E-state index contributed by atoms with van der Waals surface area (Å²) in [5.74, 6) is 0. The number of anilines is 2. The fraction of sp³-hybridized carbons (Fsp3) is 0.0769. The maximum atomic E-state index is 13.3. The lowest BCUT2D eigenvalue weighted by Crippen LogP contribution is -2.12. The molecule has 132 valence electrons. The van der Waals surface area contributed by atoms with Gasteiger partial charge in [0.05, 0.1) is 32.2 Å². The number of nitro groups is 2. The van der Waals surface area contributed by atoms with Gasteiger partial charge in [0.1, 0.15) is 5.69 Å². The molecule has 0 amide bonds. The molecule has 12 heteroatoms. The van der Waals surface area contributed by atoms with E-state index in [9.17, 15) is 33.4 Å². The molecule has 0 aliphatic rings. The highest BCUT2D eigenvalue weighted by atomic mass is 35.5. The van der Waals surface area contributed by atoms with Crippen LogP contribution in [0.25, 0.3) is 0 Å². The highest BCUT2D eigenvalue weighted by molar-refractivity contribution is 6.36. The van der Waals surface area contributed by atoms with Gasteiger partial charge in [-0.2, -0.15) is 13.2 Å². The van der Waals surface area contributed by atoms with Crippen LogP contribution in [0.15, 0.2) is 30.3 Å². The lowest BCUT2D eigenvalue weighted by atomic mass is 10.1. The summed E-state index contributed by atoms with van der Waals surface area (Å²) in [6, 6.07) is 4.38. The minimum atomic E-state index is -5.09. The molecular weight excluding hydrogens is 390 g/mol. The Hall–Kier alpha value is -2.59. The molecule has 0 aromatic heterocycles. The van der Waals surface area contributed by atoms with Crippen molar-refractivity contribution in [2.45, 2.75) is 6.18 Å². The van der Waals surface area contributed by atoms with Gasteiger partial charge in [0, 0.05) is 11.1 Å². The zero-order valence-electron chi connectivity index (χ0n) is 11.8. The van der Waals surface area contributed by atoms with Crippen molar-refractivity contribution in [3.63, 3.8) is 0 Å². The summed E-state index contributed by atoms with van der Waals surface area (Å²) < 4.78 is 39.8. The third-order valence-corrected chi connectivity index (χ3v) is 3.55. The highest BCUT2D eigenvalue weighted by Crippen LogP contribution is 2.44. The summed E-state index contributed by atoms with van der Waals surface area (Å²) in [6.07, 6.45) is -5.09. The van der Waals surface area contributed by atoms with Crippen LogP contribution < -0.4 is 5.32 Å². The van der Waals surface area contributed by atoms with Crippen LogP contribution >= 0.6 is 23.2 Å². The first-order chi connectivity index (χ1) is 11.5. The Morgan fingerprint density at radius 1 is 1.00 bits per heavy atom. The second-order valence-electron chi connectivity index (χ2n) is 4.65. The topological polar surface area (TPSA) is 98.3 Å². The molecule has 0 radical (unpaired) electrons. The quantitative estimate of drug-likeness (QED) is 0.538. The van der Waals surface area contributed by atoms with Gasteiger partial charge in [0.25, 0.3) is 11.4 Å². The van der Waals surface area contributed by atoms with Crippen molar-refractivity contribution >= 4 is 46.0 Å². The Kier molecular flexibility index (Phi) is 5.04. The molecule has 1 N–H and O–H groups in total. The Balaban J connectivity index is 2.73. The van der Waals surface area contributed by atoms with Gasteiger partial charge in [-0.1, -0.05) is 23.2 Å². The third-order valence-electron chi connectivity index (χ3n) is 3.01. The summed E-state index contributed by atoms with van der Waals surface area (Å²) in [7, 11) is 0. The van der Waals surface area contributed by atoms with Crippen LogP contribution in [0.5, 0.6) is 0 Å². The number of halogens is 5. The van der Waals surface area contributed by atoms with E-state index < -0.39 is 38.6 Å². The number of non-ortho nitro benzene ring substituents is 1. The predicted molar refractivity (Wildman–Crippen MR) is 84.5 cm³/mol. The molecule has 25 heavy (non-hydrogen) atoms.